The topological polar surface area (TPSA) is 69.1 Å². The van der Waals surface area contributed by atoms with Crippen LogP contribution in [0.2, 0.25) is 0 Å². The number of alkyl halides is 3. The first-order chi connectivity index (χ1) is 7.59. The SMILES string of the molecule is Cc1c(N)c(C)c(C(=O)C(F)(F)F)c(C)c1N. The van der Waals surface area contributed by atoms with Crippen LogP contribution in [0.1, 0.15) is 27.0 Å². The number of benzene rings is 1. The maximum atomic E-state index is 12.4. The maximum Gasteiger partial charge on any atom is 0.454 e. The Bertz CT molecular complexity index is 463. The minimum Gasteiger partial charge on any atom is -0.398 e. The highest BCUT2D eigenvalue weighted by Crippen LogP contribution is 2.34. The van der Waals surface area contributed by atoms with Crippen molar-refractivity contribution in [3.8, 4) is 0 Å². The molecule has 0 aliphatic heterocycles. The number of rotatable bonds is 1. The van der Waals surface area contributed by atoms with E-state index in [0.717, 1.165) is 0 Å². The van der Waals surface area contributed by atoms with Crippen LogP contribution in [0.4, 0.5) is 24.5 Å². The number of anilines is 2. The second kappa shape index (κ2) is 3.94. The van der Waals surface area contributed by atoms with Crippen LogP contribution in [-0.2, 0) is 0 Å². The highest BCUT2D eigenvalue weighted by Gasteiger charge is 2.41. The van der Waals surface area contributed by atoms with Gasteiger partial charge in [0, 0.05) is 16.9 Å². The largest absolute Gasteiger partial charge is 0.454 e. The van der Waals surface area contributed by atoms with Crippen molar-refractivity contribution < 1.29 is 18.0 Å². The summed E-state index contributed by atoms with van der Waals surface area (Å²) in [6.07, 6.45) is -4.93. The average molecular weight is 246 g/mol. The van der Waals surface area contributed by atoms with Crippen molar-refractivity contribution in [2.75, 3.05) is 11.5 Å². The zero-order valence-electron chi connectivity index (χ0n) is 9.70. The van der Waals surface area contributed by atoms with Gasteiger partial charge in [0.1, 0.15) is 0 Å². The van der Waals surface area contributed by atoms with E-state index in [1.54, 1.807) is 6.92 Å². The van der Waals surface area contributed by atoms with Gasteiger partial charge in [-0.2, -0.15) is 13.2 Å². The molecule has 0 spiro atoms. The normalized spacial score (nSPS) is 11.6. The Hall–Kier alpha value is -1.72. The summed E-state index contributed by atoms with van der Waals surface area (Å²) in [4.78, 5) is 11.3. The molecule has 0 aliphatic rings. The first-order valence-electron chi connectivity index (χ1n) is 4.85. The Kier molecular flexibility index (Phi) is 3.09. The zero-order valence-corrected chi connectivity index (χ0v) is 9.70. The van der Waals surface area contributed by atoms with Crippen molar-refractivity contribution >= 4 is 17.2 Å². The monoisotopic (exact) mass is 246 g/mol. The molecular formula is C11H13F3N2O. The van der Waals surface area contributed by atoms with E-state index in [1.165, 1.54) is 13.8 Å². The number of hydrogen-bond donors (Lipinski definition) is 2. The fourth-order valence-corrected chi connectivity index (χ4v) is 1.74. The lowest BCUT2D eigenvalue weighted by Crippen LogP contribution is -2.25. The Morgan fingerprint density at radius 3 is 1.59 bits per heavy atom. The Morgan fingerprint density at radius 1 is 0.941 bits per heavy atom. The van der Waals surface area contributed by atoms with E-state index >= 15 is 0 Å². The summed E-state index contributed by atoms with van der Waals surface area (Å²) in [5.74, 6) is -1.91. The molecule has 0 aliphatic carbocycles. The first kappa shape index (κ1) is 13.3. The Balaban J connectivity index is 3.62. The van der Waals surface area contributed by atoms with Crippen LogP contribution in [0.3, 0.4) is 0 Å². The summed E-state index contributed by atoms with van der Waals surface area (Å²) in [5.41, 5.74) is 11.8. The summed E-state index contributed by atoms with van der Waals surface area (Å²) in [5, 5.41) is 0. The van der Waals surface area contributed by atoms with E-state index in [-0.39, 0.29) is 22.5 Å². The van der Waals surface area contributed by atoms with Gasteiger partial charge in [-0.25, -0.2) is 0 Å². The number of hydrogen-bond acceptors (Lipinski definition) is 3. The van der Waals surface area contributed by atoms with Crippen LogP contribution >= 0.6 is 0 Å². The molecule has 0 amide bonds. The summed E-state index contributed by atoms with van der Waals surface area (Å²) in [7, 11) is 0. The average Bonchev–Trinajstić information content (AvgIpc) is 2.22. The zero-order chi connectivity index (χ0) is 13.5. The van der Waals surface area contributed by atoms with Crippen molar-refractivity contribution in [2.45, 2.75) is 26.9 Å². The van der Waals surface area contributed by atoms with Crippen molar-refractivity contribution in [3.63, 3.8) is 0 Å². The third kappa shape index (κ3) is 2.07. The van der Waals surface area contributed by atoms with Crippen LogP contribution in [0, 0.1) is 20.8 Å². The molecule has 0 fully saturated rings. The van der Waals surface area contributed by atoms with E-state index in [2.05, 4.69) is 0 Å². The fourth-order valence-electron chi connectivity index (χ4n) is 1.74. The van der Waals surface area contributed by atoms with E-state index in [9.17, 15) is 18.0 Å². The minimum atomic E-state index is -4.93. The maximum absolute atomic E-state index is 12.4. The number of nitrogen functional groups attached to an aromatic ring is 2. The molecule has 1 rings (SSSR count). The second-order valence-electron chi connectivity index (χ2n) is 3.90. The summed E-state index contributed by atoms with van der Waals surface area (Å²) in [6.45, 7) is 4.37. The second-order valence-corrected chi connectivity index (χ2v) is 3.90. The van der Waals surface area contributed by atoms with E-state index in [1.807, 2.05) is 0 Å². The van der Waals surface area contributed by atoms with Gasteiger partial charge in [-0.3, -0.25) is 4.79 Å². The number of carbonyl (C=O) groups excluding carboxylic acids is 1. The minimum absolute atomic E-state index is 0.122. The lowest BCUT2D eigenvalue weighted by molar-refractivity contribution is -0.0886. The van der Waals surface area contributed by atoms with Gasteiger partial charge < -0.3 is 11.5 Å². The smallest absolute Gasteiger partial charge is 0.398 e. The summed E-state index contributed by atoms with van der Waals surface area (Å²) in [6, 6.07) is 0. The first-order valence-corrected chi connectivity index (χ1v) is 4.85. The molecule has 0 radical (unpaired) electrons. The molecule has 6 heteroatoms. The Labute approximate surface area is 96.6 Å². The highest BCUT2D eigenvalue weighted by molar-refractivity contribution is 6.05. The van der Waals surface area contributed by atoms with Crippen molar-refractivity contribution in [1.29, 1.82) is 0 Å². The molecule has 0 heterocycles. The third-order valence-electron chi connectivity index (χ3n) is 2.85. The highest BCUT2D eigenvalue weighted by atomic mass is 19.4. The van der Waals surface area contributed by atoms with Gasteiger partial charge in [0.2, 0.25) is 0 Å². The summed E-state index contributed by atoms with van der Waals surface area (Å²) < 4.78 is 37.3. The van der Waals surface area contributed by atoms with Crippen LogP contribution in [-0.4, -0.2) is 12.0 Å². The third-order valence-corrected chi connectivity index (χ3v) is 2.85. The molecule has 1 aromatic rings. The van der Waals surface area contributed by atoms with Gasteiger partial charge in [-0.05, 0) is 37.5 Å². The summed E-state index contributed by atoms with van der Waals surface area (Å²) >= 11 is 0. The van der Waals surface area contributed by atoms with Gasteiger partial charge in [0.15, 0.2) is 0 Å². The molecule has 94 valence electrons. The number of halogens is 3. The number of nitrogens with two attached hydrogens (primary N) is 2. The van der Waals surface area contributed by atoms with E-state index < -0.39 is 17.5 Å². The molecule has 0 aromatic heterocycles. The molecule has 3 nitrogen and oxygen atoms in total. The molecule has 0 saturated heterocycles. The molecule has 1 aromatic carbocycles. The van der Waals surface area contributed by atoms with Crippen LogP contribution in [0.5, 0.6) is 0 Å². The molecule has 0 atom stereocenters. The van der Waals surface area contributed by atoms with Crippen molar-refractivity contribution in [1.82, 2.24) is 0 Å². The van der Waals surface area contributed by atoms with E-state index in [4.69, 9.17) is 11.5 Å². The lowest BCUT2D eigenvalue weighted by atomic mass is 9.92. The van der Waals surface area contributed by atoms with Crippen LogP contribution in [0.15, 0.2) is 0 Å². The number of carbonyl (C=O) groups is 1. The molecular weight excluding hydrogens is 233 g/mol. The molecule has 4 N–H and O–H groups in total. The van der Waals surface area contributed by atoms with E-state index in [0.29, 0.717) is 5.56 Å². The fraction of sp³-hybridized carbons (Fsp3) is 0.364. The molecule has 0 saturated carbocycles. The van der Waals surface area contributed by atoms with Gasteiger partial charge in [-0.1, -0.05) is 0 Å². The Morgan fingerprint density at radius 2 is 1.29 bits per heavy atom. The molecule has 17 heavy (non-hydrogen) atoms. The van der Waals surface area contributed by atoms with Crippen molar-refractivity contribution in [2.24, 2.45) is 0 Å². The standard InChI is InChI=1S/C11H13F3N2O/c1-4-7(10(17)11(12,13)14)5(2)9(16)6(3)8(4)15/h15-16H2,1-3H3. The van der Waals surface area contributed by atoms with Gasteiger partial charge in [-0.15, -0.1) is 0 Å². The lowest BCUT2D eigenvalue weighted by Gasteiger charge is -2.17. The number of Topliss-reactive ketones (excluding diaryl/α,β-unsaturated/α-hetero) is 1. The van der Waals surface area contributed by atoms with Gasteiger partial charge in [0.25, 0.3) is 5.78 Å². The quantitative estimate of drug-likeness (QED) is 0.591. The van der Waals surface area contributed by atoms with Crippen LogP contribution < -0.4 is 11.5 Å². The molecule has 0 bridgehead atoms. The van der Waals surface area contributed by atoms with Gasteiger partial charge in [0.05, 0.1) is 0 Å². The predicted molar refractivity (Wildman–Crippen MR) is 59.9 cm³/mol. The predicted octanol–water partition coefficient (Wildman–Crippen LogP) is 2.52. The van der Waals surface area contributed by atoms with Crippen molar-refractivity contribution in [3.05, 3.63) is 22.3 Å². The van der Waals surface area contributed by atoms with Crippen LogP contribution in [0.25, 0.3) is 0 Å². The number of ketones is 1. The molecule has 0 unspecified atom stereocenters. The van der Waals surface area contributed by atoms with Gasteiger partial charge >= 0.3 is 6.18 Å².